The molecular formula is C15H18INO3. The number of rotatable bonds is 3. The summed E-state index contributed by atoms with van der Waals surface area (Å²) in [6.45, 7) is 1.97. The van der Waals surface area contributed by atoms with E-state index in [1.165, 1.54) is 0 Å². The number of halogens is 1. The molecule has 1 aromatic carbocycles. The fourth-order valence-electron chi connectivity index (χ4n) is 2.63. The zero-order valence-electron chi connectivity index (χ0n) is 11.4. The molecule has 0 radical (unpaired) electrons. The second-order valence-electron chi connectivity index (χ2n) is 5.31. The molecule has 2 unspecified atom stereocenters. The number of carbonyl (C=O) groups is 2. The Morgan fingerprint density at radius 1 is 1.35 bits per heavy atom. The number of aliphatic carboxylic acids is 1. The van der Waals surface area contributed by atoms with Crippen LogP contribution >= 0.6 is 22.6 Å². The van der Waals surface area contributed by atoms with Crippen LogP contribution in [0.25, 0.3) is 0 Å². The molecule has 1 fully saturated rings. The third-order valence-corrected chi connectivity index (χ3v) is 5.23. The Balaban J connectivity index is 2.04. The zero-order valence-corrected chi connectivity index (χ0v) is 13.5. The van der Waals surface area contributed by atoms with Crippen molar-refractivity contribution in [3.8, 4) is 0 Å². The van der Waals surface area contributed by atoms with Crippen LogP contribution in [-0.4, -0.2) is 23.0 Å². The molecule has 108 valence electrons. The third kappa shape index (κ3) is 3.50. The van der Waals surface area contributed by atoms with Gasteiger partial charge in [-0.05, 0) is 60.4 Å². The second-order valence-corrected chi connectivity index (χ2v) is 6.39. The van der Waals surface area contributed by atoms with E-state index in [-0.39, 0.29) is 17.9 Å². The Morgan fingerprint density at radius 2 is 2.10 bits per heavy atom. The average molecular weight is 387 g/mol. The van der Waals surface area contributed by atoms with Crippen molar-refractivity contribution in [3.05, 3.63) is 32.9 Å². The maximum absolute atomic E-state index is 12.3. The van der Waals surface area contributed by atoms with Gasteiger partial charge in [0.2, 0.25) is 0 Å². The quantitative estimate of drug-likeness (QED) is 0.784. The number of amides is 1. The molecule has 0 aromatic heterocycles. The van der Waals surface area contributed by atoms with Gasteiger partial charge in [0.15, 0.2) is 0 Å². The second kappa shape index (κ2) is 6.56. The van der Waals surface area contributed by atoms with Crippen LogP contribution in [0.1, 0.15) is 41.6 Å². The number of benzene rings is 1. The first-order valence-electron chi connectivity index (χ1n) is 6.78. The topological polar surface area (TPSA) is 66.4 Å². The number of carbonyl (C=O) groups excluding carboxylic acids is 1. The van der Waals surface area contributed by atoms with Gasteiger partial charge in [-0.1, -0.05) is 18.6 Å². The minimum Gasteiger partial charge on any atom is -0.481 e. The van der Waals surface area contributed by atoms with Crippen LogP contribution < -0.4 is 5.32 Å². The maximum atomic E-state index is 12.3. The number of hydrogen-bond donors (Lipinski definition) is 2. The van der Waals surface area contributed by atoms with E-state index < -0.39 is 5.97 Å². The summed E-state index contributed by atoms with van der Waals surface area (Å²) in [4.78, 5) is 23.3. The summed E-state index contributed by atoms with van der Waals surface area (Å²) in [7, 11) is 0. The van der Waals surface area contributed by atoms with Gasteiger partial charge < -0.3 is 10.4 Å². The van der Waals surface area contributed by atoms with Crippen molar-refractivity contribution in [1.29, 1.82) is 0 Å². The van der Waals surface area contributed by atoms with Gasteiger partial charge in [0.1, 0.15) is 0 Å². The van der Waals surface area contributed by atoms with Gasteiger partial charge in [0, 0.05) is 9.61 Å². The summed E-state index contributed by atoms with van der Waals surface area (Å²) in [6, 6.07) is 5.61. The van der Waals surface area contributed by atoms with Crippen LogP contribution in [0.4, 0.5) is 0 Å². The first-order valence-corrected chi connectivity index (χ1v) is 7.85. The molecule has 0 bridgehead atoms. The van der Waals surface area contributed by atoms with Crippen LogP contribution in [0.3, 0.4) is 0 Å². The molecule has 2 atom stereocenters. The minimum atomic E-state index is -0.755. The van der Waals surface area contributed by atoms with Gasteiger partial charge in [-0.3, -0.25) is 9.59 Å². The number of carboxylic acids is 1. The Morgan fingerprint density at radius 3 is 2.80 bits per heavy atom. The smallest absolute Gasteiger partial charge is 0.306 e. The highest BCUT2D eigenvalue weighted by molar-refractivity contribution is 14.1. The average Bonchev–Trinajstić information content (AvgIpc) is 2.42. The highest BCUT2D eigenvalue weighted by Crippen LogP contribution is 2.25. The molecular weight excluding hydrogens is 369 g/mol. The Bertz CT molecular complexity index is 530. The summed E-state index contributed by atoms with van der Waals surface area (Å²) < 4.78 is 0.952. The maximum Gasteiger partial charge on any atom is 0.306 e. The largest absolute Gasteiger partial charge is 0.481 e. The molecule has 1 saturated carbocycles. The van der Waals surface area contributed by atoms with Gasteiger partial charge in [0.25, 0.3) is 5.91 Å². The predicted molar refractivity (Wildman–Crippen MR) is 84.7 cm³/mol. The lowest BCUT2D eigenvalue weighted by molar-refractivity contribution is -0.143. The van der Waals surface area contributed by atoms with E-state index in [9.17, 15) is 9.59 Å². The van der Waals surface area contributed by atoms with Crippen LogP contribution in [0, 0.1) is 16.4 Å². The van der Waals surface area contributed by atoms with Crippen molar-refractivity contribution in [1.82, 2.24) is 5.32 Å². The van der Waals surface area contributed by atoms with Gasteiger partial charge >= 0.3 is 5.97 Å². The standard InChI is InChI=1S/C15H18INO3/c1-9-4-2-7-12(13(9)16)14(18)17-11-6-3-5-10(8-11)15(19)20/h2,4,7,10-11H,3,5-6,8H2,1H3,(H,17,18)(H,19,20). The summed E-state index contributed by atoms with van der Waals surface area (Å²) in [5, 5.41) is 12.1. The molecule has 2 rings (SSSR count). The van der Waals surface area contributed by atoms with E-state index >= 15 is 0 Å². The number of nitrogens with one attached hydrogen (secondary N) is 1. The van der Waals surface area contributed by atoms with Crippen LogP contribution in [0.15, 0.2) is 18.2 Å². The summed E-state index contributed by atoms with van der Waals surface area (Å²) >= 11 is 2.17. The Labute approximate surface area is 132 Å². The fourth-order valence-corrected chi connectivity index (χ4v) is 3.24. The monoisotopic (exact) mass is 387 g/mol. The molecule has 0 heterocycles. The van der Waals surface area contributed by atoms with Crippen LogP contribution in [0.5, 0.6) is 0 Å². The molecule has 4 nitrogen and oxygen atoms in total. The lowest BCUT2D eigenvalue weighted by Gasteiger charge is -2.27. The molecule has 1 amide bonds. The fraction of sp³-hybridized carbons (Fsp3) is 0.467. The van der Waals surface area contributed by atoms with Gasteiger partial charge in [-0.15, -0.1) is 0 Å². The minimum absolute atomic E-state index is 0.0336. The molecule has 1 aromatic rings. The normalized spacial score (nSPS) is 22.3. The molecule has 0 saturated heterocycles. The van der Waals surface area contributed by atoms with Crippen molar-refractivity contribution in [2.24, 2.45) is 5.92 Å². The number of carboxylic acid groups (broad SMARTS) is 1. The van der Waals surface area contributed by atoms with Crippen LogP contribution in [0.2, 0.25) is 0 Å². The van der Waals surface area contributed by atoms with E-state index in [1.54, 1.807) is 0 Å². The van der Waals surface area contributed by atoms with Crippen molar-refractivity contribution in [3.63, 3.8) is 0 Å². The Hall–Kier alpha value is -1.11. The SMILES string of the molecule is Cc1cccc(C(=O)NC2CCCC(C(=O)O)C2)c1I. The lowest BCUT2D eigenvalue weighted by Crippen LogP contribution is -2.40. The zero-order chi connectivity index (χ0) is 14.7. The highest BCUT2D eigenvalue weighted by Gasteiger charge is 2.28. The van der Waals surface area contributed by atoms with Gasteiger partial charge in [-0.2, -0.15) is 0 Å². The predicted octanol–water partition coefficient (Wildman–Crippen LogP) is 2.97. The molecule has 2 N–H and O–H groups in total. The van der Waals surface area contributed by atoms with Crippen LogP contribution in [-0.2, 0) is 4.79 Å². The van der Waals surface area contributed by atoms with E-state index in [4.69, 9.17) is 5.11 Å². The molecule has 0 aliphatic heterocycles. The Kier molecular flexibility index (Phi) is 5.01. The molecule has 20 heavy (non-hydrogen) atoms. The van der Waals surface area contributed by atoms with E-state index in [0.717, 1.165) is 22.0 Å². The lowest BCUT2D eigenvalue weighted by atomic mass is 9.85. The van der Waals surface area contributed by atoms with Crippen molar-refractivity contribution >= 4 is 34.5 Å². The molecule has 1 aliphatic rings. The number of aryl methyl sites for hydroxylation is 1. The molecule has 5 heteroatoms. The van der Waals surface area contributed by atoms with E-state index in [0.29, 0.717) is 18.4 Å². The highest BCUT2D eigenvalue weighted by atomic mass is 127. The first kappa shape index (κ1) is 15.3. The molecule has 0 spiro atoms. The van der Waals surface area contributed by atoms with E-state index in [2.05, 4.69) is 27.9 Å². The first-order chi connectivity index (χ1) is 9.49. The van der Waals surface area contributed by atoms with Crippen molar-refractivity contribution in [2.75, 3.05) is 0 Å². The van der Waals surface area contributed by atoms with Gasteiger partial charge in [0.05, 0.1) is 11.5 Å². The van der Waals surface area contributed by atoms with E-state index in [1.807, 2.05) is 25.1 Å². The van der Waals surface area contributed by atoms with Crippen molar-refractivity contribution < 1.29 is 14.7 Å². The molecule has 1 aliphatic carbocycles. The summed E-state index contributed by atoms with van der Waals surface area (Å²) in [6.07, 6.45) is 2.96. The third-order valence-electron chi connectivity index (χ3n) is 3.80. The van der Waals surface area contributed by atoms with Crippen molar-refractivity contribution in [2.45, 2.75) is 38.6 Å². The summed E-state index contributed by atoms with van der Waals surface area (Å²) in [5.41, 5.74) is 1.74. The number of hydrogen-bond acceptors (Lipinski definition) is 2. The summed E-state index contributed by atoms with van der Waals surface area (Å²) in [5.74, 6) is -1.19. The van der Waals surface area contributed by atoms with Gasteiger partial charge in [-0.25, -0.2) is 0 Å².